The van der Waals surface area contributed by atoms with Crippen molar-refractivity contribution in [3.8, 4) is 5.75 Å². The van der Waals surface area contributed by atoms with Crippen molar-refractivity contribution >= 4 is 21.7 Å². The number of rotatable bonds is 3. The van der Waals surface area contributed by atoms with E-state index in [-0.39, 0.29) is 22.3 Å². The molecule has 0 radical (unpaired) electrons. The minimum absolute atomic E-state index is 0.0268. The van der Waals surface area contributed by atoms with Crippen LogP contribution in [0.4, 0.5) is 4.39 Å². The van der Waals surface area contributed by atoms with E-state index < -0.39 is 11.6 Å². The zero-order chi connectivity index (χ0) is 10.7. The number of phenolic OH excluding ortho intramolecular Hbond substituents is 1. The second-order valence-corrected chi connectivity index (χ2v) is 3.50. The first-order chi connectivity index (χ1) is 6.57. The van der Waals surface area contributed by atoms with Crippen molar-refractivity contribution in [3.63, 3.8) is 0 Å². The molecule has 0 aliphatic carbocycles. The standard InChI is InChI=1S/C9H9BrFNO2/c1-12-4-7(14)8-5(11)2-3-6(13)9(8)10/h2-3,12-13H,4H2,1H3. The van der Waals surface area contributed by atoms with E-state index in [9.17, 15) is 14.3 Å². The van der Waals surface area contributed by atoms with Gasteiger partial charge in [0.1, 0.15) is 11.6 Å². The first kappa shape index (κ1) is 11.1. The van der Waals surface area contributed by atoms with E-state index in [1.165, 1.54) is 6.07 Å². The molecule has 3 nitrogen and oxygen atoms in total. The summed E-state index contributed by atoms with van der Waals surface area (Å²) in [6.07, 6.45) is 0. The zero-order valence-electron chi connectivity index (χ0n) is 7.47. The summed E-state index contributed by atoms with van der Waals surface area (Å²) in [5.74, 6) is -1.20. The molecule has 0 unspecified atom stereocenters. The maximum Gasteiger partial charge on any atom is 0.180 e. The Kier molecular flexibility index (Phi) is 3.60. The fourth-order valence-corrected chi connectivity index (χ4v) is 1.59. The highest BCUT2D eigenvalue weighted by molar-refractivity contribution is 9.10. The molecule has 1 aromatic carbocycles. The third-order valence-corrected chi connectivity index (χ3v) is 2.49. The number of ketones is 1. The number of Topliss-reactive ketones (excluding diaryl/α,β-unsaturated/α-hetero) is 1. The van der Waals surface area contributed by atoms with Gasteiger partial charge in [-0.15, -0.1) is 0 Å². The summed E-state index contributed by atoms with van der Waals surface area (Å²) in [5, 5.41) is 11.9. The van der Waals surface area contributed by atoms with Gasteiger partial charge in [0, 0.05) is 0 Å². The van der Waals surface area contributed by atoms with Gasteiger partial charge in [0.15, 0.2) is 5.78 Å². The minimum Gasteiger partial charge on any atom is -0.507 e. The smallest absolute Gasteiger partial charge is 0.180 e. The molecule has 1 rings (SSSR count). The molecule has 0 heterocycles. The Balaban J connectivity index is 3.18. The molecular weight excluding hydrogens is 253 g/mol. The summed E-state index contributed by atoms with van der Waals surface area (Å²) in [7, 11) is 1.59. The molecule has 0 aliphatic heterocycles. The van der Waals surface area contributed by atoms with Gasteiger partial charge in [-0.2, -0.15) is 0 Å². The molecule has 0 saturated carbocycles. The van der Waals surface area contributed by atoms with E-state index in [2.05, 4.69) is 21.2 Å². The Labute approximate surface area is 89.1 Å². The van der Waals surface area contributed by atoms with Crippen LogP contribution in [-0.2, 0) is 0 Å². The van der Waals surface area contributed by atoms with Gasteiger partial charge in [0.25, 0.3) is 0 Å². The van der Waals surface area contributed by atoms with Gasteiger partial charge in [-0.1, -0.05) is 0 Å². The van der Waals surface area contributed by atoms with Crippen LogP contribution in [0, 0.1) is 5.82 Å². The number of aromatic hydroxyl groups is 1. The van der Waals surface area contributed by atoms with Gasteiger partial charge in [-0.3, -0.25) is 4.79 Å². The Morgan fingerprint density at radius 2 is 2.29 bits per heavy atom. The average Bonchev–Trinajstić information content (AvgIpc) is 2.13. The highest BCUT2D eigenvalue weighted by Crippen LogP contribution is 2.29. The maximum absolute atomic E-state index is 13.2. The summed E-state index contributed by atoms with van der Waals surface area (Å²) in [4.78, 5) is 11.4. The second-order valence-electron chi connectivity index (χ2n) is 2.71. The predicted octanol–water partition coefficient (Wildman–Crippen LogP) is 1.70. The van der Waals surface area contributed by atoms with Gasteiger partial charge in [-0.05, 0) is 35.1 Å². The first-order valence-corrected chi connectivity index (χ1v) is 4.72. The monoisotopic (exact) mass is 261 g/mol. The van der Waals surface area contributed by atoms with Crippen LogP contribution in [0.15, 0.2) is 16.6 Å². The number of hydrogen-bond acceptors (Lipinski definition) is 3. The van der Waals surface area contributed by atoms with E-state index in [0.29, 0.717) is 0 Å². The Morgan fingerprint density at radius 3 is 2.86 bits per heavy atom. The minimum atomic E-state index is -0.644. The third-order valence-electron chi connectivity index (χ3n) is 1.69. The summed E-state index contributed by atoms with van der Waals surface area (Å²) in [5.41, 5.74) is -0.126. The number of benzene rings is 1. The second kappa shape index (κ2) is 4.52. The number of nitrogens with one attached hydrogen (secondary N) is 1. The average molecular weight is 262 g/mol. The van der Waals surface area contributed by atoms with Gasteiger partial charge >= 0.3 is 0 Å². The number of phenols is 1. The lowest BCUT2D eigenvalue weighted by atomic mass is 10.1. The molecule has 2 N–H and O–H groups in total. The van der Waals surface area contributed by atoms with Crippen LogP contribution in [-0.4, -0.2) is 24.5 Å². The molecule has 0 bridgehead atoms. The topological polar surface area (TPSA) is 49.3 Å². The zero-order valence-corrected chi connectivity index (χ0v) is 9.06. The molecule has 0 atom stereocenters. The number of carbonyl (C=O) groups is 1. The lowest BCUT2D eigenvalue weighted by Crippen LogP contribution is -2.20. The molecule has 0 aromatic heterocycles. The first-order valence-electron chi connectivity index (χ1n) is 3.92. The van der Waals surface area contributed by atoms with Crippen LogP contribution in [0.25, 0.3) is 0 Å². The summed E-state index contributed by atoms with van der Waals surface area (Å²) in [6.45, 7) is 0.0268. The third kappa shape index (κ3) is 2.10. The van der Waals surface area contributed by atoms with Crippen molar-refractivity contribution in [2.24, 2.45) is 0 Å². The van der Waals surface area contributed by atoms with Crippen molar-refractivity contribution in [3.05, 3.63) is 28.0 Å². The van der Waals surface area contributed by atoms with Crippen molar-refractivity contribution in [1.29, 1.82) is 0 Å². The summed E-state index contributed by atoms with van der Waals surface area (Å²) < 4.78 is 13.3. The van der Waals surface area contributed by atoms with E-state index in [4.69, 9.17) is 0 Å². The van der Waals surface area contributed by atoms with Crippen LogP contribution < -0.4 is 5.32 Å². The highest BCUT2D eigenvalue weighted by Gasteiger charge is 2.17. The Hall–Kier alpha value is -0.940. The fourth-order valence-electron chi connectivity index (χ4n) is 1.05. The van der Waals surface area contributed by atoms with Gasteiger partial charge in [0.2, 0.25) is 0 Å². The molecule has 76 valence electrons. The molecule has 0 spiro atoms. The van der Waals surface area contributed by atoms with Crippen LogP contribution >= 0.6 is 15.9 Å². The van der Waals surface area contributed by atoms with Crippen LogP contribution in [0.2, 0.25) is 0 Å². The number of hydrogen-bond donors (Lipinski definition) is 2. The number of carbonyl (C=O) groups excluding carboxylic acids is 1. The largest absolute Gasteiger partial charge is 0.507 e. The van der Waals surface area contributed by atoms with Crippen molar-refractivity contribution in [1.82, 2.24) is 5.32 Å². The quantitative estimate of drug-likeness (QED) is 0.815. The van der Waals surface area contributed by atoms with Gasteiger partial charge in [0.05, 0.1) is 16.6 Å². The van der Waals surface area contributed by atoms with E-state index in [0.717, 1.165) is 6.07 Å². The molecule has 0 fully saturated rings. The van der Waals surface area contributed by atoms with Crippen LogP contribution in [0.5, 0.6) is 5.75 Å². The molecule has 0 amide bonds. The molecule has 0 saturated heterocycles. The predicted molar refractivity (Wildman–Crippen MR) is 54.0 cm³/mol. The maximum atomic E-state index is 13.2. The molecular formula is C9H9BrFNO2. The number of likely N-dealkylation sites (N-methyl/N-ethyl adjacent to an activating group) is 1. The van der Waals surface area contributed by atoms with E-state index in [1.54, 1.807) is 7.05 Å². The van der Waals surface area contributed by atoms with Gasteiger partial charge in [-0.25, -0.2) is 4.39 Å². The summed E-state index contributed by atoms with van der Waals surface area (Å²) >= 11 is 2.96. The lowest BCUT2D eigenvalue weighted by Gasteiger charge is -2.06. The lowest BCUT2D eigenvalue weighted by molar-refractivity contribution is 0.0988. The SMILES string of the molecule is CNCC(=O)c1c(F)ccc(O)c1Br. The highest BCUT2D eigenvalue weighted by atomic mass is 79.9. The molecule has 1 aromatic rings. The van der Waals surface area contributed by atoms with Crippen LogP contribution in [0.3, 0.4) is 0 Å². The Bertz CT molecular complexity index is 368. The molecule has 0 aliphatic rings. The van der Waals surface area contributed by atoms with E-state index in [1.807, 2.05) is 0 Å². The Morgan fingerprint density at radius 1 is 1.64 bits per heavy atom. The normalized spacial score (nSPS) is 10.2. The van der Waals surface area contributed by atoms with Crippen LogP contribution in [0.1, 0.15) is 10.4 Å². The van der Waals surface area contributed by atoms with Gasteiger partial charge < -0.3 is 10.4 Å². The van der Waals surface area contributed by atoms with Crippen molar-refractivity contribution in [2.45, 2.75) is 0 Å². The summed E-state index contributed by atoms with van der Waals surface area (Å²) in [6, 6.07) is 2.25. The molecule has 5 heteroatoms. The molecule has 14 heavy (non-hydrogen) atoms. The van der Waals surface area contributed by atoms with Crippen molar-refractivity contribution < 1.29 is 14.3 Å². The van der Waals surface area contributed by atoms with E-state index >= 15 is 0 Å². The van der Waals surface area contributed by atoms with Crippen molar-refractivity contribution in [2.75, 3.05) is 13.6 Å². The number of halogens is 2. The fraction of sp³-hybridized carbons (Fsp3) is 0.222.